The van der Waals surface area contributed by atoms with E-state index in [9.17, 15) is 0 Å². The van der Waals surface area contributed by atoms with Crippen molar-refractivity contribution < 1.29 is 9.47 Å². The molecular weight excluding hydrogens is 284 g/mol. The van der Waals surface area contributed by atoms with Gasteiger partial charge in [-0.2, -0.15) is 0 Å². The van der Waals surface area contributed by atoms with Gasteiger partial charge in [0.15, 0.2) is 0 Å². The van der Waals surface area contributed by atoms with Crippen LogP contribution in [0, 0.1) is 13.8 Å². The van der Waals surface area contributed by atoms with E-state index in [0.717, 1.165) is 28.6 Å². The Hall–Kier alpha value is -1.43. The highest BCUT2D eigenvalue weighted by molar-refractivity contribution is 7.11. The summed E-state index contributed by atoms with van der Waals surface area (Å²) in [7, 11) is 3.62. The average Bonchev–Trinajstić information content (AvgIpc) is 2.81. The lowest BCUT2D eigenvalue weighted by Crippen LogP contribution is -2.06. The van der Waals surface area contributed by atoms with Crippen LogP contribution in [0.2, 0.25) is 0 Å². The van der Waals surface area contributed by atoms with Crippen LogP contribution in [-0.4, -0.2) is 19.1 Å². The quantitative estimate of drug-likeness (QED) is 0.853. The Labute approximate surface area is 130 Å². The number of nitrogens with zero attached hydrogens (tertiary/aromatic N) is 1. The molecule has 0 fully saturated rings. The van der Waals surface area contributed by atoms with Gasteiger partial charge in [0.25, 0.3) is 0 Å². The van der Waals surface area contributed by atoms with Crippen LogP contribution < -0.4 is 10.1 Å². The fraction of sp³-hybridized carbons (Fsp3) is 0.438. The molecular formula is C16H22N2O2S. The number of nitrogens with one attached hydrogen (secondary N) is 1. The molecule has 0 atom stereocenters. The first-order valence-corrected chi connectivity index (χ1v) is 7.76. The fourth-order valence-corrected chi connectivity index (χ4v) is 3.14. The SMILES string of the molecule is CNCc1sc(COc2ccc(C)cc2C)nc1COC. The molecule has 0 aliphatic heterocycles. The molecule has 0 amide bonds. The summed E-state index contributed by atoms with van der Waals surface area (Å²) < 4.78 is 11.1. The van der Waals surface area contributed by atoms with Crippen LogP contribution in [0.25, 0.3) is 0 Å². The van der Waals surface area contributed by atoms with Gasteiger partial charge in [-0.25, -0.2) is 4.98 Å². The van der Waals surface area contributed by atoms with Gasteiger partial charge >= 0.3 is 0 Å². The number of methoxy groups -OCH3 is 1. The Bertz CT molecular complexity index is 572. The fourth-order valence-electron chi connectivity index (χ4n) is 2.15. The number of ether oxygens (including phenoxy) is 2. The summed E-state index contributed by atoms with van der Waals surface area (Å²) in [6.45, 7) is 5.98. The summed E-state index contributed by atoms with van der Waals surface area (Å²) in [5, 5.41) is 4.14. The highest BCUT2D eigenvalue weighted by Crippen LogP contribution is 2.23. The molecule has 5 heteroatoms. The lowest BCUT2D eigenvalue weighted by atomic mass is 10.1. The van der Waals surface area contributed by atoms with E-state index in [2.05, 4.69) is 36.3 Å². The minimum absolute atomic E-state index is 0.495. The van der Waals surface area contributed by atoms with Gasteiger partial charge in [-0.1, -0.05) is 17.7 Å². The van der Waals surface area contributed by atoms with Crippen LogP contribution >= 0.6 is 11.3 Å². The number of hydrogen-bond acceptors (Lipinski definition) is 5. The smallest absolute Gasteiger partial charge is 0.140 e. The van der Waals surface area contributed by atoms with Gasteiger partial charge < -0.3 is 14.8 Å². The summed E-state index contributed by atoms with van der Waals surface area (Å²) in [4.78, 5) is 5.82. The Balaban J connectivity index is 2.07. The maximum Gasteiger partial charge on any atom is 0.140 e. The molecule has 1 aromatic carbocycles. The van der Waals surface area contributed by atoms with Gasteiger partial charge in [0.05, 0.1) is 12.3 Å². The standard InChI is InChI=1S/C16H22N2O2S/c1-11-5-6-14(12(2)7-11)20-10-16-18-13(9-19-4)15(21-16)8-17-3/h5-7,17H,8-10H2,1-4H3. The van der Waals surface area contributed by atoms with Crippen LogP contribution in [0.15, 0.2) is 18.2 Å². The van der Waals surface area contributed by atoms with Gasteiger partial charge in [0.2, 0.25) is 0 Å². The van der Waals surface area contributed by atoms with Gasteiger partial charge in [-0.15, -0.1) is 11.3 Å². The van der Waals surface area contributed by atoms with E-state index in [1.807, 2.05) is 13.1 Å². The van der Waals surface area contributed by atoms with Crippen LogP contribution in [0.4, 0.5) is 0 Å². The van der Waals surface area contributed by atoms with E-state index in [-0.39, 0.29) is 0 Å². The number of rotatable bonds is 7. The molecule has 0 aliphatic rings. The van der Waals surface area contributed by atoms with E-state index in [0.29, 0.717) is 13.2 Å². The van der Waals surface area contributed by atoms with Crippen molar-refractivity contribution in [2.24, 2.45) is 0 Å². The van der Waals surface area contributed by atoms with Gasteiger partial charge in [-0.05, 0) is 32.5 Å². The zero-order valence-corrected chi connectivity index (χ0v) is 13.8. The minimum atomic E-state index is 0.495. The zero-order chi connectivity index (χ0) is 15.2. The van der Waals surface area contributed by atoms with Crippen LogP contribution in [-0.2, 0) is 24.5 Å². The van der Waals surface area contributed by atoms with Gasteiger partial charge in [0, 0.05) is 18.5 Å². The highest BCUT2D eigenvalue weighted by atomic mass is 32.1. The topological polar surface area (TPSA) is 43.4 Å². The molecule has 114 valence electrons. The first kappa shape index (κ1) is 15.9. The molecule has 1 aromatic heterocycles. The second kappa shape index (κ2) is 7.54. The van der Waals surface area contributed by atoms with Crippen LogP contribution in [0.5, 0.6) is 5.75 Å². The number of thiazole rings is 1. The van der Waals surface area contributed by atoms with Crippen molar-refractivity contribution in [3.05, 3.63) is 44.9 Å². The van der Waals surface area contributed by atoms with Crippen molar-refractivity contribution in [3.8, 4) is 5.75 Å². The molecule has 21 heavy (non-hydrogen) atoms. The third kappa shape index (κ3) is 4.27. The predicted molar refractivity (Wildman–Crippen MR) is 85.8 cm³/mol. The molecule has 0 spiro atoms. The summed E-state index contributed by atoms with van der Waals surface area (Å²) in [6.07, 6.45) is 0. The van der Waals surface area contributed by atoms with Crippen molar-refractivity contribution in [2.75, 3.05) is 14.2 Å². The Morgan fingerprint density at radius 2 is 2.05 bits per heavy atom. The Morgan fingerprint density at radius 1 is 1.24 bits per heavy atom. The first-order chi connectivity index (χ1) is 10.1. The molecule has 0 unspecified atom stereocenters. The van der Waals surface area contributed by atoms with E-state index >= 15 is 0 Å². The first-order valence-electron chi connectivity index (χ1n) is 6.95. The summed E-state index contributed by atoms with van der Waals surface area (Å²) in [6, 6.07) is 6.20. The second-order valence-electron chi connectivity index (χ2n) is 5.00. The molecule has 2 aromatic rings. The normalized spacial score (nSPS) is 10.9. The molecule has 0 aliphatic carbocycles. The number of aromatic nitrogens is 1. The van der Waals surface area contributed by atoms with Crippen molar-refractivity contribution >= 4 is 11.3 Å². The van der Waals surface area contributed by atoms with Crippen molar-refractivity contribution in [1.29, 1.82) is 0 Å². The molecule has 0 bridgehead atoms. The summed E-state index contributed by atoms with van der Waals surface area (Å²) in [5.74, 6) is 0.916. The van der Waals surface area contributed by atoms with E-state index < -0.39 is 0 Å². The largest absolute Gasteiger partial charge is 0.486 e. The molecule has 2 rings (SSSR count). The van der Waals surface area contributed by atoms with E-state index in [1.54, 1.807) is 18.4 Å². The van der Waals surface area contributed by atoms with Gasteiger partial charge in [-0.3, -0.25) is 0 Å². The third-order valence-corrected chi connectivity index (χ3v) is 4.19. The summed E-state index contributed by atoms with van der Waals surface area (Å²) in [5.41, 5.74) is 3.39. The van der Waals surface area contributed by atoms with E-state index in [1.165, 1.54) is 10.4 Å². The molecule has 1 heterocycles. The molecule has 0 saturated heterocycles. The molecule has 0 saturated carbocycles. The number of hydrogen-bond donors (Lipinski definition) is 1. The van der Waals surface area contributed by atoms with Crippen molar-refractivity contribution in [1.82, 2.24) is 10.3 Å². The van der Waals surface area contributed by atoms with Crippen LogP contribution in [0.3, 0.4) is 0 Å². The van der Waals surface area contributed by atoms with Gasteiger partial charge in [0.1, 0.15) is 17.4 Å². The van der Waals surface area contributed by atoms with Crippen molar-refractivity contribution in [2.45, 2.75) is 33.6 Å². The maximum absolute atomic E-state index is 5.89. The maximum atomic E-state index is 5.89. The summed E-state index contributed by atoms with van der Waals surface area (Å²) >= 11 is 1.67. The minimum Gasteiger partial charge on any atom is -0.486 e. The number of benzene rings is 1. The number of aryl methyl sites for hydroxylation is 2. The highest BCUT2D eigenvalue weighted by Gasteiger charge is 2.11. The van der Waals surface area contributed by atoms with Crippen molar-refractivity contribution in [3.63, 3.8) is 0 Å². The Kier molecular flexibility index (Phi) is 5.73. The van der Waals surface area contributed by atoms with E-state index in [4.69, 9.17) is 9.47 Å². The molecule has 0 radical (unpaired) electrons. The predicted octanol–water partition coefficient (Wildman–Crippen LogP) is 3.20. The zero-order valence-electron chi connectivity index (χ0n) is 13.0. The third-order valence-electron chi connectivity index (χ3n) is 3.12. The lowest BCUT2D eigenvalue weighted by molar-refractivity contribution is 0.180. The average molecular weight is 306 g/mol. The molecule has 4 nitrogen and oxygen atoms in total. The van der Waals surface area contributed by atoms with Crippen LogP contribution in [0.1, 0.15) is 26.7 Å². The Morgan fingerprint density at radius 3 is 2.71 bits per heavy atom. The second-order valence-corrected chi connectivity index (χ2v) is 6.17. The lowest BCUT2D eigenvalue weighted by Gasteiger charge is -2.08. The monoisotopic (exact) mass is 306 g/mol. The molecule has 1 N–H and O–H groups in total.